The van der Waals surface area contributed by atoms with Gasteiger partial charge in [0, 0.05) is 44.4 Å². The average molecular weight is 626 g/mol. The molecule has 45 heavy (non-hydrogen) atoms. The number of ketones is 1. The number of hydrogen-bond donors (Lipinski definition) is 1. The summed E-state index contributed by atoms with van der Waals surface area (Å²) >= 11 is 0. The van der Waals surface area contributed by atoms with Crippen LogP contribution in [-0.2, 0) is 9.53 Å². The first-order valence-electron chi connectivity index (χ1n) is 13.8. The lowest BCUT2D eigenvalue weighted by atomic mass is 10.0. The number of nitro groups is 1. The Bertz CT molecular complexity index is 1780. The van der Waals surface area contributed by atoms with Crippen molar-refractivity contribution in [3.05, 3.63) is 69.6 Å². The monoisotopic (exact) mass is 625 g/mol. The zero-order valence-electron chi connectivity index (χ0n) is 24.8. The molecule has 1 aliphatic heterocycles. The summed E-state index contributed by atoms with van der Waals surface area (Å²) in [6.07, 6.45) is 1.23. The Morgan fingerprint density at radius 1 is 1.11 bits per heavy atom. The number of pyridine rings is 1. The van der Waals surface area contributed by atoms with E-state index in [1.165, 1.54) is 30.2 Å². The lowest BCUT2D eigenvalue weighted by Crippen LogP contribution is -2.36. The molecule has 0 radical (unpaired) electrons. The molecule has 0 bridgehead atoms. The van der Waals surface area contributed by atoms with E-state index in [1.807, 2.05) is 4.90 Å². The number of nitrogens with zero attached hydrogens (tertiary/aromatic N) is 4. The third-order valence-electron chi connectivity index (χ3n) is 7.34. The summed E-state index contributed by atoms with van der Waals surface area (Å²) < 4.78 is 51.7. The van der Waals surface area contributed by atoms with Gasteiger partial charge in [0.25, 0.3) is 5.69 Å². The van der Waals surface area contributed by atoms with Crippen LogP contribution in [0, 0.1) is 21.7 Å². The largest absolute Gasteiger partial charge is 0.494 e. The Morgan fingerprint density at radius 2 is 1.78 bits per heavy atom. The molecule has 15 heteroatoms. The van der Waals surface area contributed by atoms with Gasteiger partial charge >= 0.3 is 0 Å². The van der Waals surface area contributed by atoms with E-state index in [0.29, 0.717) is 32.0 Å². The molecule has 0 unspecified atom stereocenters. The summed E-state index contributed by atoms with van der Waals surface area (Å²) in [5.74, 6) is -5.57. The lowest BCUT2D eigenvalue weighted by Gasteiger charge is -2.28. The Morgan fingerprint density at radius 3 is 2.36 bits per heavy atom. The molecule has 0 aliphatic carbocycles. The van der Waals surface area contributed by atoms with E-state index in [9.17, 15) is 19.7 Å². The molecule has 0 atom stereocenters. The van der Waals surface area contributed by atoms with Crippen molar-refractivity contribution in [2.75, 3.05) is 62.2 Å². The van der Waals surface area contributed by atoms with Crippen LogP contribution in [0.2, 0.25) is 0 Å². The zero-order valence-corrected chi connectivity index (χ0v) is 24.8. The molecule has 1 fully saturated rings. The number of furan rings is 1. The predicted octanol–water partition coefficient (Wildman–Crippen LogP) is 5.22. The summed E-state index contributed by atoms with van der Waals surface area (Å²) in [5.41, 5.74) is -0.460. The molecule has 1 amide bonds. The van der Waals surface area contributed by atoms with Crippen molar-refractivity contribution in [1.29, 1.82) is 0 Å². The number of fused-ring (bicyclic) bond motifs is 1. The molecule has 4 aromatic rings. The Balaban J connectivity index is 1.62. The van der Waals surface area contributed by atoms with Crippen LogP contribution < -0.4 is 24.6 Å². The van der Waals surface area contributed by atoms with Gasteiger partial charge in [-0.15, -0.1) is 0 Å². The highest BCUT2D eigenvalue weighted by Crippen LogP contribution is 2.40. The standard InChI is InChI=1S/C30H29F2N5O8/c1-5-36(16(2)38)28-18-13-24(34-19-7-6-17(12-20(19)37(40)41)35-8-10-44-11-9-35)33-15-23(18)45-30(28)29(39)25-26(31)21(42-3)14-22(43-4)27(25)32/h6-7,12-15H,5,8-11H2,1-4H3,(H,33,34). The van der Waals surface area contributed by atoms with Crippen LogP contribution in [0.5, 0.6) is 11.5 Å². The Kier molecular flexibility index (Phi) is 8.81. The number of anilines is 4. The molecule has 2 aromatic heterocycles. The number of halogens is 2. The molecule has 236 valence electrons. The Labute approximate surface area is 255 Å². The van der Waals surface area contributed by atoms with Crippen LogP contribution in [0.15, 0.2) is 40.9 Å². The number of amides is 1. The number of ether oxygens (including phenoxy) is 3. The maximum atomic E-state index is 15.3. The van der Waals surface area contributed by atoms with Crippen LogP contribution >= 0.6 is 0 Å². The van der Waals surface area contributed by atoms with Gasteiger partial charge in [0.1, 0.15) is 22.8 Å². The number of nitrogens with one attached hydrogen (secondary N) is 1. The number of carbonyl (C=O) groups excluding carboxylic acids is 2. The smallest absolute Gasteiger partial charge is 0.294 e. The summed E-state index contributed by atoms with van der Waals surface area (Å²) in [5, 5.41) is 15.1. The third-order valence-corrected chi connectivity index (χ3v) is 7.34. The maximum Gasteiger partial charge on any atom is 0.294 e. The van der Waals surface area contributed by atoms with Crippen molar-refractivity contribution in [3.8, 4) is 11.5 Å². The van der Waals surface area contributed by atoms with E-state index in [2.05, 4.69) is 10.3 Å². The minimum absolute atomic E-state index is 0.0199. The van der Waals surface area contributed by atoms with Crippen molar-refractivity contribution in [1.82, 2.24) is 4.98 Å². The number of nitro benzene ring substituents is 1. The van der Waals surface area contributed by atoms with Crippen molar-refractivity contribution in [2.45, 2.75) is 13.8 Å². The second-order valence-electron chi connectivity index (χ2n) is 9.90. The fourth-order valence-corrected chi connectivity index (χ4v) is 5.15. The highest BCUT2D eigenvalue weighted by atomic mass is 19.1. The Hall–Kier alpha value is -5.31. The quantitative estimate of drug-likeness (QED) is 0.140. The van der Waals surface area contributed by atoms with Gasteiger partial charge in [0.05, 0.1) is 43.9 Å². The lowest BCUT2D eigenvalue weighted by molar-refractivity contribution is -0.383. The van der Waals surface area contributed by atoms with Gasteiger partial charge in [-0.3, -0.25) is 19.7 Å². The van der Waals surface area contributed by atoms with Crippen LogP contribution in [0.25, 0.3) is 11.0 Å². The molecule has 1 saturated heterocycles. The van der Waals surface area contributed by atoms with Gasteiger partial charge in [0.2, 0.25) is 11.7 Å². The van der Waals surface area contributed by atoms with Crippen LogP contribution in [0.1, 0.15) is 30.0 Å². The van der Waals surface area contributed by atoms with E-state index in [1.54, 1.807) is 19.1 Å². The predicted molar refractivity (Wildman–Crippen MR) is 160 cm³/mol. The van der Waals surface area contributed by atoms with Gasteiger partial charge in [-0.25, -0.2) is 13.8 Å². The summed E-state index contributed by atoms with van der Waals surface area (Å²) in [7, 11) is 2.29. The van der Waals surface area contributed by atoms with Crippen molar-refractivity contribution in [3.63, 3.8) is 0 Å². The first-order valence-corrected chi connectivity index (χ1v) is 13.8. The third kappa shape index (κ3) is 5.81. The van der Waals surface area contributed by atoms with Gasteiger partial charge in [0.15, 0.2) is 34.5 Å². The topological polar surface area (TPSA) is 150 Å². The van der Waals surface area contributed by atoms with E-state index in [4.69, 9.17) is 18.6 Å². The van der Waals surface area contributed by atoms with Crippen LogP contribution in [0.3, 0.4) is 0 Å². The van der Waals surface area contributed by atoms with Crippen molar-refractivity contribution in [2.24, 2.45) is 0 Å². The second-order valence-corrected chi connectivity index (χ2v) is 9.90. The zero-order chi connectivity index (χ0) is 32.4. The first kappa shape index (κ1) is 31.1. The van der Waals surface area contributed by atoms with Crippen molar-refractivity contribution < 1.29 is 41.9 Å². The highest BCUT2D eigenvalue weighted by molar-refractivity contribution is 6.18. The van der Waals surface area contributed by atoms with Gasteiger partial charge in [-0.1, -0.05) is 0 Å². The maximum absolute atomic E-state index is 15.3. The molecule has 1 N–H and O–H groups in total. The fourth-order valence-electron chi connectivity index (χ4n) is 5.15. The minimum Gasteiger partial charge on any atom is -0.494 e. The number of rotatable bonds is 10. The van der Waals surface area contributed by atoms with Crippen molar-refractivity contribution >= 4 is 51.2 Å². The molecule has 0 saturated carbocycles. The second kappa shape index (κ2) is 12.7. The number of benzene rings is 2. The van der Waals surface area contributed by atoms with Gasteiger partial charge in [-0.05, 0) is 25.1 Å². The minimum atomic E-state index is -1.29. The number of morpholine rings is 1. The van der Waals surface area contributed by atoms with E-state index in [-0.39, 0.29) is 40.4 Å². The summed E-state index contributed by atoms with van der Waals surface area (Å²) in [6, 6.07) is 7.12. The molecule has 3 heterocycles. The molecule has 0 spiro atoms. The van der Waals surface area contributed by atoms with E-state index in [0.717, 1.165) is 20.3 Å². The number of carbonyl (C=O) groups is 2. The van der Waals surface area contributed by atoms with E-state index < -0.39 is 51.1 Å². The fraction of sp³-hybridized carbons (Fsp3) is 0.300. The van der Waals surface area contributed by atoms with Crippen LogP contribution in [-0.4, -0.2) is 68.7 Å². The molecular weight excluding hydrogens is 596 g/mol. The molecule has 5 rings (SSSR count). The average Bonchev–Trinajstić information content (AvgIpc) is 3.40. The molecular formula is C30H29F2N5O8. The number of hydrogen-bond acceptors (Lipinski definition) is 11. The highest BCUT2D eigenvalue weighted by Gasteiger charge is 2.34. The number of aromatic nitrogens is 1. The van der Waals surface area contributed by atoms with Gasteiger partial charge < -0.3 is 33.7 Å². The molecule has 1 aliphatic rings. The normalized spacial score (nSPS) is 13.1. The summed E-state index contributed by atoms with van der Waals surface area (Å²) in [4.78, 5) is 45.4. The molecule has 2 aromatic carbocycles. The molecule has 13 nitrogen and oxygen atoms in total. The number of methoxy groups -OCH3 is 2. The van der Waals surface area contributed by atoms with E-state index >= 15 is 8.78 Å². The SMILES string of the molecule is CCN(C(C)=O)c1c(C(=O)c2c(F)c(OC)cc(OC)c2F)oc2cnc(Nc3ccc(N4CCOCC4)cc3[N+](=O)[O-])cc12. The first-order chi connectivity index (χ1) is 21.6. The van der Waals surface area contributed by atoms with Crippen LogP contribution in [0.4, 0.5) is 37.3 Å². The van der Waals surface area contributed by atoms with Gasteiger partial charge in [-0.2, -0.15) is 0 Å². The summed E-state index contributed by atoms with van der Waals surface area (Å²) in [6.45, 7) is 5.16.